The highest BCUT2D eigenvalue weighted by molar-refractivity contribution is 7.61. The first-order valence-electron chi connectivity index (χ1n) is 9.76. The molecule has 186 valence electrons. The number of carbonyl (C=O) groups is 1. The molecule has 3 rings (SSSR count). The summed E-state index contributed by atoms with van der Waals surface area (Å²) in [5, 5.41) is 0. The van der Waals surface area contributed by atoms with Crippen LogP contribution in [0.25, 0.3) is 0 Å². The first kappa shape index (κ1) is 26.0. The number of carbonyl (C=O) groups excluding carboxylic acids is 1. The number of phosphoric ester groups is 2. The van der Waals surface area contributed by atoms with E-state index < -0.39 is 57.9 Å². The van der Waals surface area contributed by atoms with Crippen LogP contribution in [0.1, 0.15) is 25.1 Å². The van der Waals surface area contributed by atoms with Crippen LogP contribution >= 0.6 is 15.6 Å². The van der Waals surface area contributed by atoms with Gasteiger partial charge in [0.05, 0.1) is 6.61 Å². The molecule has 1 aliphatic rings. The molecule has 1 saturated heterocycles. The van der Waals surface area contributed by atoms with E-state index in [0.717, 1.165) is 11.5 Å². The molecule has 0 saturated carbocycles. The van der Waals surface area contributed by atoms with Crippen LogP contribution in [-0.2, 0) is 32.2 Å². The molecule has 0 aliphatic carbocycles. The summed E-state index contributed by atoms with van der Waals surface area (Å²) in [6.07, 6.45) is -1.98. The van der Waals surface area contributed by atoms with Crippen LogP contribution in [0.3, 0.4) is 0 Å². The van der Waals surface area contributed by atoms with Gasteiger partial charge in [-0.05, 0) is 19.1 Å². The zero-order valence-corrected chi connectivity index (χ0v) is 19.7. The highest BCUT2D eigenvalue weighted by Crippen LogP contribution is 2.60. The van der Waals surface area contributed by atoms with Crippen LogP contribution in [0.5, 0.6) is 5.75 Å². The minimum atomic E-state index is -5.15. The largest absolute Gasteiger partial charge is 0.536 e. The number of aromatic nitrogens is 2. The molecule has 16 heteroatoms. The molecular formula is C18H22N2O12P2. The highest BCUT2D eigenvalue weighted by Gasteiger charge is 2.42. The molecule has 0 spiro atoms. The third-order valence-corrected chi connectivity index (χ3v) is 7.09. The average Bonchev–Trinajstić information content (AvgIpc) is 3.10. The number of ether oxygens (including phenoxy) is 2. The van der Waals surface area contributed by atoms with E-state index in [4.69, 9.17) is 18.5 Å². The number of para-hydroxylation sites is 1. The SMILES string of the molecule is CC(=O)OC1CC(n2cc(C)c(=O)[nH]c2=O)OC1COP(=O)(O)OP(=O)(O)Oc1ccccc1. The number of nitrogens with one attached hydrogen (secondary N) is 1. The van der Waals surface area contributed by atoms with Crippen molar-refractivity contribution in [3.8, 4) is 5.75 Å². The van der Waals surface area contributed by atoms with Crippen molar-refractivity contribution < 1.29 is 46.5 Å². The second-order valence-electron chi connectivity index (χ2n) is 7.21. The van der Waals surface area contributed by atoms with Crippen LogP contribution in [-0.4, -0.2) is 44.1 Å². The van der Waals surface area contributed by atoms with Gasteiger partial charge in [0.15, 0.2) is 0 Å². The Balaban J connectivity index is 1.69. The molecule has 1 fully saturated rings. The van der Waals surface area contributed by atoms with Gasteiger partial charge in [0, 0.05) is 25.1 Å². The second-order valence-corrected chi connectivity index (χ2v) is 10.2. The van der Waals surface area contributed by atoms with Gasteiger partial charge in [0.2, 0.25) is 0 Å². The number of hydrogen-bond donors (Lipinski definition) is 3. The first-order chi connectivity index (χ1) is 15.8. The molecule has 1 aromatic carbocycles. The van der Waals surface area contributed by atoms with E-state index in [1.165, 1.54) is 37.4 Å². The van der Waals surface area contributed by atoms with Gasteiger partial charge in [-0.1, -0.05) is 18.2 Å². The summed E-state index contributed by atoms with van der Waals surface area (Å²) in [5.41, 5.74) is -1.14. The monoisotopic (exact) mass is 520 g/mol. The topological polar surface area (TPSA) is 193 Å². The first-order valence-corrected chi connectivity index (χ1v) is 12.8. The van der Waals surface area contributed by atoms with Crippen molar-refractivity contribution in [3.05, 3.63) is 62.9 Å². The van der Waals surface area contributed by atoms with Gasteiger partial charge in [0.1, 0.15) is 24.2 Å². The van der Waals surface area contributed by atoms with Crippen molar-refractivity contribution in [3.63, 3.8) is 0 Å². The Hall–Kier alpha value is -2.57. The molecule has 1 aromatic heterocycles. The summed E-state index contributed by atoms with van der Waals surface area (Å²) in [6, 6.07) is 7.27. The summed E-state index contributed by atoms with van der Waals surface area (Å²) in [5.74, 6) is -0.782. The summed E-state index contributed by atoms with van der Waals surface area (Å²) < 4.78 is 49.9. The fourth-order valence-electron chi connectivity index (χ4n) is 3.11. The van der Waals surface area contributed by atoms with E-state index >= 15 is 0 Å². The Morgan fingerprint density at radius 1 is 1.21 bits per heavy atom. The summed E-state index contributed by atoms with van der Waals surface area (Å²) >= 11 is 0. The Labute approximate surface area is 192 Å². The van der Waals surface area contributed by atoms with Gasteiger partial charge in [-0.2, -0.15) is 4.31 Å². The molecule has 34 heavy (non-hydrogen) atoms. The lowest BCUT2D eigenvalue weighted by molar-refractivity contribution is -0.150. The number of hydrogen-bond acceptors (Lipinski definition) is 10. The molecule has 5 atom stereocenters. The lowest BCUT2D eigenvalue weighted by Gasteiger charge is -2.21. The van der Waals surface area contributed by atoms with E-state index in [0.29, 0.717) is 0 Å². The predicted octanol–water partition coefficient (Wildman–Crippen LogP) is 1.38. The zero-order chi connectivity index (χ0) is 25.1. The smallest absolute Gasteiger partial charge is 0.460 e. The standard InChI is InChI=1S/C18H22N2O12P2/c1-11-9-20(18(23)19-17(11)22)16-8-14(29-12(2)21)15(30-16)10-28-33(24,25)32-34(26,27)31-13-6-4-3-5-7-13/h3-7,9,14-16H,8,10H2,1-2H3,(H,24,25)(H,26,27)(H,19,22,23). The van der Waals surface area contributed by atoms with E-state index in [9.17, 15) is 33.3 Å². The lowest BCUT2D eigenvalue weighted by atomic mass is 10.2. The van der Waals surface area contributed by atoms with Crippen LogP contribution in [0.15, 0.2) is 46.1 Å². The number of phosphoric acid groups is 2. The third-order valence-electron chi connectivity index (χ3n) is 4.53. The van der Waals surface area contributed by atoms with Gasteiger partial charge < -0.3 is 18.9 Å². The van der Waals surface area contributed by atoms with E-state index in [-0.39, 0.29) is 17.7 Å². The normalized spacial score (nSPS) is 23.6. The van der Waals surface area contributed by atoms with Crippen molar-refractivity contribution in [2.75, 3.05) is 6.61 Å². The molecule has 0 amide bonds. The Morgan fingerprint density at radius 3 is 2.53 bits per heavy atom. The van der Waals surface area contributed by atoms with Crippen molar-refractivity contribution in [2.24, 2.45) is 0 Å². The fourth-order valence-corrected chi connectivity index (χ4v) is 5.20. The molecule has 2 heterocycles. The lowest BCUT2D eigenvalue weighted by Crippen LogP contribution is -2.33. The number of nitrogens with zero attached hydrogens (tertiary/aromatic N) is 1. The minimum Gasteiger partial charge on any atom is -0.460 e. The second kappa shape index (κ2) is 10.4. The van der Waals surface area contributed by atoms with Crippen molar-refractivity contribution in [1.82, 2.24) is 9.55 Å². The Morgan fingerprint density at radius 2 is 1.88 bits per heavy atom. The number of esters is 1. The van der Waals surface area contributed by atoms with E-state index in [2.05, 4.69) is 9.29 Å². The summed E-state index contributed by atoms with van der Waals surface area (Å²) in [6.45, 7) is 1.88. The van der Waals surface area contributed by atoms with Crippen LogP contribution < -0.4 is 15.8 Å². The zero-order valence-electron chi connectivity index (χ0n) is 17.9. The van der Waals surface area contributed by atoms with Gasteiger partial charge in [-0.3, -0.25) is 28.6 Å². The summed E-state index contributed by atoms with van der Waals surface area (Å²) in [4.78, 5) is 57.0. The molecule has 5 unspecified atom stereocenters. The van der Waals surface area contributed by atoms with Crippen molar-refractivity contribution >= 4 is 21.6 Å². The highest BCUT2D eigenvalue weighted by atomic mass is 31.3. The van der Waals surface area contributed by atoms with Crippen LogP contribution in [0.2, 0.25) is 0 Å². The fraction of sp³-hybridized carbons (Fsp3) is 0.389. The summed E-state index contributed by atoms with van der Waals surface area (Å²) in [7, 11) is -10.2. The number of aryl methyl sites for hydroxylation is 1. The number of H-pyrrole nitrogens is 1. The third kappa shape index (κ3) is 6.97. The Kier molecular flexibility index (Phi) is 7.94. The van der Waals surface area contributed by atoms with Gasteiger partial charge >= 0.3 is 27.3 Å². The molecule has 14 nitrogen and oxygen atoms in total. The maximum Gasteiger partial charge on any atom is 0.536 e. The number of rotatable bonds is 9. The molecule has 0 bridgehead atoms. The van der Waals surface area contributed by atoms with Gasteiger partial charge in [0.25, 0.3) is 5.56 Å². The van der Waals surface area contributed by atoms with Crippen molar-refractivity contribution in [1.29, 1.82) is 0 Å². The van der Waals surface area contributed by atoms with E-state index in [1.54, 1.807) is 6.07 Å². The van der Waals surface area contributed by atoms with Crippen molar-refractivity contribution in [2.45, 2.75) is 38.7 Å². The van der Waals surface area contributed by atoms with Gasteiger partial charge in [-0.25, -0.2) is 13.9 Å². The molecule has 2 aromatic rings. The maximum atomic E-state index is 12.2. The van der Waals surface area contributed by atoms with Gasteiger partial charge in [-0.15, -0.1) is 0 Å². The van der Waals surface area contributed by atoms with Crippen LogP contribution in [0.4, 0.5) is 0 Å². The quantitative estimate of drug-likeness (QED) is 0.318. The molecule has 3 N–H and O–H groups in total. The number of aromatic amines is 1. The predicted molar refractivity (Wildman–Crippen MR) is 114 cm³/mol. The Bertz CT molecular complexity index is 1240. The average molecular weight is 520 g/mol. The molecule has 1 aliphatic heterocycles. The molecular weight excluding hydrogens is 498 g/mol. The number of benzene rings is 1. The maximum absolute atomic E-state index is 12.2. The van der Waals surface area contributed by atoms with Crippen LogP contribution in [0, 0.1) is 6.92 Å². The molecule has 0 radical (unpaired) electrons. The van der Waals surface area contributed by atoms with E-state index in [1.807, 2.05) is 0 Å². The minimum absolute atomic E-state index is 0.0504.